The van der Waals surface area contributed by atoms with Gasteiger partial charge in [0, 0.05) is 10.5 Å². The van der Waals surface area contributed by atoms with Crippen molar-refractivity contribution in [3.8, 4) is 5.75 Å². The van der Waals surface area contributed by atoms with Crippen molar-refractivity contribution in [3.63, 3.8) is 0 Å². The molecular weight excluding hydrogens is 392 g/mol. The lowest BCUT2D eigenvalue weighted by atomic mass is 10.2. The number of urea groups is 1. The number of benzene rings is 1. The summed E-state index contributed by atoms with van der Waals surface area (Å²) in [7, 11) is 0. The van der Waals surface area contributed by atoms with Crippen molar-refractivity contribution in [2.24, 2.45) is 0 Å². The molecule has 2 N–H and O–H groups in total. The lowest BCUT2D eigenvalue weighted by Gasteiger charge is -2.14. The van der Waals surface area contributed by atoms with E-state index < -0.39 is 30.6 Å². The van der Waals surface area contributed by atoms with Crippen LogP contribution < -0.4 is 15.4 Å². The third kappa shape index (κ3) is 6.74. The van der Waals surface area contributed by atoms with Gasteiger partial charge >= 0.3 is 12.0 Å². The van der Waals surface area contributed by atoms with Crippen molar-refractivity contribution in [3.05, 3.63) is 28.7 Å². The molecule has 1 aliphatic rings. The molecule has 0 unspecified atom stereocenters. The number of amides is 3. The number of nitrogens with one attached hydrogen (secondary N) is 2. The Hall–Kier alpha value is -2.09. The van der Waals surface area contributed by atoms with Crippen molar-refractivity contribution >= 4 is 33.8 Å². The summed E-state index contributed by atoms with van der Waals surface area (Å²) >= 11 is 3.30. The zero-order valence-electron chi connectivity index (χ0n) is 13.9. The van der Waals surface area contributed by atoms with Crippen molar-refractivity contribution < 1.29 is 23.9 Å². The molecule has 0 aromatic heterocycles. The van der Waals surface area contributed by atoms with Crippen LogP contribution in [0, 0.1) is 0 Å². The Morgan fingerprint density at radius 2 is 1.84 bits per heavy atom. The van der Waals surface area contributed by atoms with Crippen LogP contribution in [0.1, 0.15) is 32.6 Å². The Morgan fingerprint density at radius 1 is 1.20 bits per heavy atom. The van der Waals surface area contributed by atoms with Gasteiger partial charge < -0.3 is 14.8 Å². The molecule has 0 heterocycles. The van der Waals surface area contributed by atoms with Crippen LogP contribution in [0.3, 0.4) is 0 Å². The molecule has 2 rings (SSSR count). The third-order valence-electron chi connectivity index (χ3n) is 3.75. The smallest absolute Gasteiger partial charge is 0.347 e. The molecule has 0 aliphatic heterocycles. The number of hydrogen-bond acceptors (Lipinski definition) is 5. The Bertz CT molecular complexity index is 614. The quantitative estimate of drug-likeness (QED) is 0.700. The molecule has 0 radical (unpaired) electrons. The van der Waals surface area contributed by atoms with Crippen molar-refractivity contribution in [2.75, 3.05) is 6.61 Å². The van der Waals surface area contributed by atoms with Gasteiger partial charge in [-0.1, -0.05) is 28.8 Å². The molecule has 1 saturated carbocycles. The van der Waals surface area contributed by atoms with E-state index in [1.807, 2.05) is 0 Å². The van der Waals surface area contributed by atoms with Crippen LogP contribution >= 0.6 is 15.9 Å². The molecule has 3 amide bonds. The molecule has 1 aromatic rings. The first-order valence-electron chi connectivity index (χ1n) is 8.13. The molecule has 1 atom stereocenters. The highest BCUT2D eigenvalue weighted by molar-refractivity contribution is 9.10. The maximum Gasteiger partial charge on any atom is 0.347 e. The van der Waals surface area contributed by atoms with Gasteiger partial charge in [0.2, 0.25) is 0 Å². The van der Waals surface area contributed by atoms with E-state index in [-0.39, 0.29) is 6.04 Å². The standard InChI is InChI=1S/C17H21BrN2O5/c1-11(25-14-8-6-12(18)7-9-14)16(22)24-10-15(21)20-17(23)19-13-4-2-3-5-13/h6-9,11,13H,2-5,10H2,1H3,(H2,19,20,21,23)/t11-/m0/s1. The van der Waals surface area contributed by atoms with E-state index in [2.05, 4.69) is 26.6 Å². The molecule has 1 aromatic carbocycles. The van der Waals surface area contributed by atoms with E-state index in [0.29, 0.717) is 5.75 Å². The summed E-state index contributed by atoms with van der Waals surface area (Å²) in [6.45, 7) is 0.986. The minimum Gasteiger partial charge on any atom is -0.479 e. The van der Waals surface area contributed by atoms with E-state index in [9.17, 15) is 14.4 Å². The summed E-state index contributed by atoms with van der Waals surface area (Å²) in [5, 5.41) is 4.86. The first-order chi connectivity index (χ1) is 11.9. The Kier molecular flexibility index (Phi) is 7.24. The SMILES string of the molecule is C[C@H](Oc1ccc(Br)cc1)C(=O)OCC(=O)NC(=O)NC1CCCC1. The van der Waals surface area contributed by atoms with Gasteiger partial charge in [-0.2, -0.15) is 0 Å². The second kappa shape index (κ2) is 9.41. The van der Waals surface area contributed by atoms with Gasteiger partial charge in [-0.25, -0.2) is 9.59 Å². The average Bonchev–Trinajstić information content (AvgIpc) is 3.07. The molecule has 0 saturated heterocycles. The second-order valence-corrected chi connectivity index (χ2v) is 6.74. The van der Waals surface area contributed by atoms with Crippen LogP contribution in [-0.2, 0) is 14.3 Å². The molecule has 0 bridgehead atoms. The lowest BCUT2D eigenvalue weighted by Crippen LogP contribution is -2.45. The summed E-state index contributed by atoms with van der Waals surface area (Å²) in [6, 6.07) is 6.51. The Balaban J connectivity index is 1.68. The maximum atomic E-state index is 11.8. The van der Waals surface area contributed by atoms with Gasteiger partial charge in [-0.3, -0.25) is 10.1 Å². The number of carbonyl (C=O) groups is 3. The number of esters is 1. The van der Waals surface area contributed by atoms with Crippen LogP contribution in [0.15, 0.2) is 28.7 Å². The zero-order chi connectivity index (χ0) is 18.2. The van der Waals surface area contributed by atoms with Crippen LogP contribution in [-0.4, -0.2) is 36.7 Å². The fraction of sp³-hybridized carbons (Fsp3) is 0.471. The van der Waals surface area contributed by atoms with Crippen molar-refractivity contribution in [1.82, 2.24) is 10.6 Å². The lowest BCUT2D eigenvalue weighted by molar-refractivity contribution is -0.154. The first kappa shape index (κ1) is 19.2. The highest BCUT2D eigenvalue weighted by Gasteiger charge is 2.20. The van der Waals surface area contributed by atoms with Crippen LogP contribution in [0.4, 0.5) is 4.79 Å². The highest BCUT2D eigenvalue weighted by Crippen LogP contribution is 2.18. The second-order valence-electron chi connectivity index (χ2n) is 5.82. The van der Waals surface area contributed by atoms with Gasteiger partial charge in [0.15, 0.2) is 12.7 Å². The molecular formula is C17H21BrN2O5. The van der Waals surface area contributed by atoms with Gasteiger partial charge in [-0.05, 0) is 44.0 Å². The topological polar surface area (TPSA) is 93.7 Å². The van der Waals surface area contributed by atoms with Crippen molar-refractivity contribution in [2.45, 2.75) is 44.8 Å². The molecule has 7 nitrogen and oxygen atoms in total. The minimum absolute atomic E-state index is 0.106. The van der Waals surface area contributed by atoms with Gasteiger partial charge in [0.05, 0.1) is 0 Å². The normalized spacial score (nSPS) is 15.3. The van der Waals surface area contributed by atoms with E-state index in [0.717, 1.165) is 30.2 Å². The van der Waals surface area contributed by atoms with Crippen LogP contribution in [0.5, 0.6) is 5.75 Å². The molecule has 1 aliphatic carbocycles. The number of imide groups is 1. The Labute approximate surface area is 154 Å². The van der Waals surface area contributed by atoms with E-state index in [1.54, 1.807) is 24.3 Å². The third-order valence-corrected chi connectivity index (χ3v) is 4.28. The number of carbonyl (C=O) groups excluding carboxylic acids is 3. The summed E-state index contributed by atoms with van der Waals surface area (Å²) in [5.74, 6) is -0.859. The molecule has 136 valence electrons. The number of halogens is 1. The predicted octanol–water partition coefficient (Wildman–Crippen LogP) is 2.53. The van der Waals surface area contributed by atoms with Gasteiger partial charge in [0.25, 0.3) is 5.91 Å². The first-order valence-corrected chi connectivity index (χ1v) is 8.92. The highest BCUT2D eigenvalue weighted by atomic mass is 79.9. The number of hydrogen-bond donors (Lipinski definition) is 2. The molecule has 0 spiro atoms. The van der Waals surface area contributed by atoms with Gasteiger partial charge in [-0.15, -0.1) is 0 Å². The average molecular weight is 413 g/mol. The zero-order valence-corrected chi connectivity index (χ0v) is 15.5. The van der Waals surface area contributed by atoms with Crippen LogP contribution in [0.2, 0.25) is 0 Å². The number of rotatable bonds is 6. The predicted molar refractivity (Wildman–Crippen MR) is 94.1 cm³/mol. The summed E-state index contributed by atoms with van der Waals surface area (Å²) in [4.78, 5) is 35.1. The fourth-order valence-corrected chi connectivity index (χ4v) is 2.74. The Morgan fingerprint density at radius 3 is 2.48 bits per heavy atom. The molecule has 1 fully saturated rings. The largest absolute Gasteiger partial charge is 0.479 e. The van der Waals surface area contributed by atoms with Crippen LogP contribution in [0.25, 0.3) is 0 Å². The summed E-state index contributed by atoms with van der Waals surface area (Å²) in [5.41, 5.74) is 0. The number of ether oxygens (including phenoxy) is 2. The fourth-order valence-electron chi connectivity index (χ4n) is 2.47. The van der Waals surface area contributed by atoms with E-state index in [1.165, 1.54) is 6.92 Å². The van der Waals surface area contributed by atoms with Crippen molar-refractivity contribution in [1.29, 1.82) is 0 Å². The minimum atomic E-state index is -0.874. The molecule has 25 heavy (non-hydrogen) atoms. The molecule has 8 heteroatoms. The van der Waals surface area contributed by atoms with Gasteiger partial charge in [0.1, 0.15) is 5.75 Å². The maximum absolute atomic E-state index is 11.8. The summed E-state index contributed by atoms with van der Waals surface area (Å²) < 4.78 is 11.2. The van der Waals surface area contributed by atoms with E-state index >= 15 is 0 Å². The van der Waals surface area contributed by atoms with E-state index in [4.69, 9.17) is 9.47 Å². The monoisotopic (exact) mass is 412 g/mol. The summed E-state index contributed by atoms with van der Waals surface area (Å²) in [6.07, 6.45) is 3.11.